The van der Waals surface area contributed by atoms with Crippen LogP contribution in [0.15, 0.2) is 113 Å². The van der Waals surface area contributed by atoms with E-state index >= 15 is 0 Å². The van der Waals surface area contributed by atoms with Crippen molar-refractivity contribution in [2.45, 2.75) is 5.92 Å². The molecule has 1 aliphatic rings. The van der Waals surface area contributed by atoms with E-state index in [1.54, 1.807) is 0 Å². The van der Waals surface area contributed by atoms with E-state index in [4.69, 9.17) is 0 Å². The van der Waals surface area contributed by atoms with E-state index in [0.717, 1.165) is 11.4 Å². The van der Waals surface area contributed by atoms with Gasteiger partial charge >= 0.3 is 0 Å². The minimum Gasteiger partial charge on any atom is -0.151 e. The number of fused-ring (bicyclic) bond motifs is 3. The molecule has 2 heteroatoms. The molecule has 0 saturated heterocycles. The molecule has 0 radical (unpaired) electrons. The van der Waals surface area contributed by atoms with Gasteiger partial charge in [0.2, 0.25) is 0 Å². The maximum atomic E-state index is 4.36. The van der Waals surface area contributed by atoms with Crippen LogP contribution in [-0.2, 0) is 0 Å². The number of rotatable bonds is 3. The predicted molar refractivity (Wildman–Crippen MR) is 110 cm³/mol. The van der Waals surface area contributed by atoms with Crippen molar-refractivity contribution in [3.05, 3.63) is 120 Å². The maximum absolute atomic E-state index is 4.36. The molecule has 0 heterocycles. The molecule has 0 aliphatic heterocycles. The smallest absolute Gasteiger partial charge is 0.0857 e. The Morgan fingerprint density at radius 1 is 0.444 bits per heavy atom. The number of azo groups is 1. The van der Waals surface area contributed by atoms with Crippen LogP contribution in [-0.4, -0.2) is 0 Å². The highest BCUT2D eigenvalue weighted by molar-refractivity contribution is 5.80. The number of nitrogens with zero attached hydrogens (tertiary/aromatic N) is 2. The van der Waals surface area contributed by atoms with Crippen molar-refractivity contribution >= 4 is 11.4 Å². The summed E-state index contributed by atoms with van der Waals surface area (Å²) in [5, 5.41) is 8.66. The van der Waals surface area contributed by atoms with Gasteiger partial charge in [-0.3, -0.25) is 0 Å². The van der Waals surface area contributed by atoms with E-state index in [9.17, 15) is 0 Å². The summed E-state index contributed by atoms with van der Waals surface area (Å²) >= 11 is 0. The highest BCUT2D eigenvalue weighted by atomic mass is 15.1. The van der Waals surface area contributed by atoms with E-state index in [-0.39, 0.29) is 5.92 Å². The van der Waals surface area contributed by atoms with Crippen LogP contribution in [0.1, 0.15) is 22.6 Å². The monoisotopic (exact) mass is 346 g/mol. The van der Waals surface area contributed by atoms with Crippen LogP contribution in [0.3, 0.4) is 0 Å². The van der Waals surface area contributed by atoms with E-state index in [1.807, 2.05) is 42.5 Å². The fourth-order valence-electron chi connectivity index (χ4n) is 3.86. The van der Waals surface area contributed by atoms with Gasteiger partial charge in [0.05, 0.1) is 11.4 Å². The van der Waals surface area contributed by atoms with Crippen LogP contribution in [0.2, 0.25) is 0 Å². The normalized spacial score (nSPS) is 12.9. The van der Waals surface area contributed by atoms with Crippen molar-refractivity contribution in [1.82, 2.24) is 0 Å². The first-order valence-corrected chi connectivity index (χ1v) is 9.15. The average Bonchev–Trinajstić information content (AvgIpc) is 3.08. The first kappa shape index (κ1) is 15.7. The summed E-state index contributed by atoms with van der Waals surface area (Å²) in [6.07, 6.45) is 0. The summed E-state index contributed by atoms with van der Waals surface area (Å²) < 4.78 is 0. The van der Waals surface area contributed by atoms with Crippen LogP contribution in [0.25, 0.3) is 11.1 Å². The molecule has 0 aromatic heterocycles. The molecule has 27 heavy (non-hydrogen) atoms. The Bertz CT molecular complexity index is 1070. The lowest BCUT2D eigenvalue weighted by Crippen LogP contribution is -1.98. The standard InChI is InChI=1S/C25H18N2/c1-2-8-19(9-3-1)26-27-20-16-14-18(15-17-20)25-23-12-6-4-10-21(23)22-11-5-7-13-24(22)25/h1-17,25H. The first-order valence-electron chi connectivity index (χ1n) is 9.15. The number of hydrogen-bond acceptors (Lipinski definition) is 2. The van der Waals surface area contributed by atoms with Crippen LogP contribution in [0, 0.1) is 0 Å². The molecule has 0 bridgehead atoms. The van der Waals surface area contributed by atoms with E-state index in [0.29, 0.717) is 0 Å². The van der Waals surface area contributed by atoms with Crippen molar-refractivity contribution < 1.29 is 0 Å². The summed E-state index contributed by atoms with van der Waals surface area (Å²) in [6.45, 7) is 0. The molecule has 0 spiro atoms. The second-order valence-corrected chi connectivity index (χ2v) is 6.73. The Morgan fingerprint density at radius 3 is 1.52 bits per heavy atom. The summed E-state index contributed by atoms with van der Waals surface area (Å²) in [5.41, 5.74) is 8.43. The molecule has 0 amide bonds. The average molecular weight is 346 g/mol. The van der Waals surface area contributed by atoms with Gasteiger partial charge in [0.1, 0.15) is 0 Å². The van der Waals surface area contributed by atoms with Gasteiger partial charge in [-0.05, 0) is 52.1 Å². The molecule has 0 N–H and O–H groups in total. The second kappa shape index (κ2) is 6.65. The highest BCUT2D eigenvalue weighted by Crippen LogP contribution is 2.47. The Balaban J connectivity index is 1.50. The fourth-order valence-corrected chi connectivity index (χ4v) is 3.86. The lowest BCUT2D eigenvalue weighted by Gasteiger charge is -2.14. The van der Waals surface area contributed by atoms with Gasteiger partial charge in [-0.2, -0.15) is 10.2 Å². The van der Waals surface area contributed by atoms with E-state index < -0.39 is 0 Å². The van der Waals surface area contributed by atoms with E-state index in [1.165, 1.54) is 27.8 Å². The molecule has 0 fully saturated rings. The zero-order chi connectivity index (χ0) is 18.1. The molecule has 128 valence electrons. The largest absolute Gasteiger partial charge is 0.151 e. The zero-order valence-electron chi connectivity index (χ0n) is 14.8. The summed E-state index contributed by atoms with van der Waals surface area (Å²) in [7, 11) is 0. The predicted octanol–water partition coefficient (Wildman–Crippen LogP) is 7.26. The van der Waals surface area contributed by atoms with Gasteiger partial charge in [0.25, 0.3) is 0 Å². The SMILES string of the molecule is c1ccc(N=Nc2ccc(C3c4ccccc4-c4ccccc43)cc2)cc1. The topological polar surface area (TPSA) is 24.7 Å². The molecule has 0 atom stereocenters. The van der Waals surface area contributed by atoms with Crippen LogP contribution in [0.4, 0.5) is 11.4 Å². The van der Waals surface area contributed by atoms with Gasteiger partial charge in [0.15, 0.2) is 0 Å². The molecule has 4 aromatic carbocycles. The van der Waals surface area contributed by atoms with Gasteiger partial charge in [0, 0.05) is 5.92 Å². The van der Waals surface area contributed by atoms with E-state index in [2.05, 4.69) is 70.9 Å². The third-order valence-electron chi connectivity index (χ3n) is 5.10. The maximum Gasteiger partial charge on any atom is 0.0857 e. The fraction of sp³-hybridized carbons (Fsp3) is 0.0400. The van der Waals surface area contributed by atoms with Crippen molar-refractivity contribution in [1.29, 1.82) is 0 Å². The van der Waals surface area contributed by atoms with Crippen LogP contribution in [0.5, 0.6) is 0 Å². The van der Waals surface area contributed by atoms with Gasteiger partial charge < -0.3 is 0 Å². The Hall–Kier alpha value is -3.52. The highest BCUT2D eigenvalue weighted by Gasteiger charge is 2.28. The van der Waals surface area contributed by atoms with Gasteiger partial charge in [-0.25, -0.2) is 0 Å². The third-order valence-corrected chi connectivity index (χ3v) is 5.10. The third kappa shape index (κ3) is 2.85. The molecular formula is C25H18N2. The van der Waals surface area contributed by atoms with Crippen LogP contribution >= 0.6 is 0 Å². The lowest BCUT2D eigenvalue weighted by atomic mass is 9.89. The Labute approximate surface area is 158 Å². The summed E-state index contributed by atoms with van der Waals surface area (Å²) in [6, 6.07) is 35.6. The van der Waals surface area contributed by atoms with Crippen molar-refractivity contribution in [3.63, 3.8) is 0 Å². The number of hydrogen-bond donors (Lipinski definition) is 0. The molecular weight excluding hydrogens is 328 g/mol. The summed E-state index contributed by atoms with van der Waals surface area (Å²) in [5.74, 6) is 0.275. The van der Waals surface area contributed by atoms with Crippen molar-refractivity contribution in [2.24, 2.45) is 10.2 Å². The van der Waals surface area contributed by atoms with Gasteiger partial charge in [-0.15, -0.1) is 0 Å². The molecule has 5 rings (SSSR count). The molecule has 0 unspecified atom stereocenters. The van der Waals surface area contributed by atoms with Crippen molar-refractivity contribution in [3.8, 4) is 11.1 Å². The molecule has 1 aliphatic carbocycles. The summed E-state index contributed by atoms with van der Waals surface area (Å²) in [4.78, 5) is 0. The Morgan fingerprint density at radius 2 is 0.926 bits per heavy atom. The molecule has 4 aromatic rings. The minimum absolute atomic E-state index is 0.275. The Kier molecular flexibility index (Phi) is 3.87. The second-order valence-electron chi connectivity index (χ2n) is 6.73. The molecule has 0 saturated carbocycles. The van der Waals surface area contributed by atoms with Crippen LogP contribution < -0.4 is 0 Å². The first-order chi connectivity index (χ1) is 13.4. The van der Waals surface area contributed by atoms with Crippen molar-refractivity contribution in [2.75, 3.05) is 0 Å². The zero-order valence-corrected chi connectivity index (χ0v) is 14.8. The lowest BCUT2D eigenvalue weighted by molar-refractivity contribution is 1.01. The molecule has 2 nitrogen and oxygen atoms in total. The van der Waals surface area contributed by atoms with Gasteiger partial charge in [-0.1, -0.05) is 78.9 Å². The minimum atomic E-state index is 0.275. The number of benzene rings is 4. The quantitative estimate of drug-likeness (QED) is 0.307.